The lowest BCUT2D eigenvalue weighted by atomic mass is 9.85. The molecule has 1 aliphatic carbocycles. The number of imide groups is 1. The Kier molecular flexibility index (Phi) is 6.54. The van der Waals surface area contributed by atoms with Crippen molar-refractivity contribution < 1.29 is 24.0 Å². The predicted molar refractivity (Wildman–Crippen MR) is 127 cm³/mol. The van der Waals surface area contributed by atoms with Gasteiger partial charge in [0.15, 0.2) is 11.5 Å². The Labute approximate surface area is 197 Å². The quantitative estimate of drug-likeness (QED) is 0.253. The van der Waals surface area contributed by atoms with Crippen molar-refractivity contribution in [2.45, 2.75) is 19.3 Å². The lowest BCUT2D eigenvalue weighted by Gasteiger charge is -2.21. The van der Waals surface area contributed by atoms with E-state index in [1.54, 1.807) is 38.3 Å². The van der Waals surface area contributed by atoms with E-state index in [2.05, 4.69) is 0 Å². The predicted octanol–water partition coefficient (Wildman–Crippen LogP) is 3.75. The number of nitrogens with zero attached hydrogens (tertiary/aromatic N) is 3. The Morgan fingerprint density at radius 2 is 1.65 bits per heavy atom. The summed E-state index contributed by atoms with van der Waals surface area (Å²) in [6, 6.07) is 10.2. The van der Waals surface area contributed by atoms with Crippen LogP contribution < -0.4 is 19.3 Å². The van der Waals surface area contributed by atoms with Gasteiger partial charge < -0.3 is 14.4 Å². The number of rotatable bonds is 8. The van der Waals surface area contributed by atoms with Gasteiger partial charge in [-0.25, -0.2) is 4.90 Å². The molecule has 9 nitrogen and oxygen atoms in total. The van der Waals surface area contributed by atoms with Crippen LogP contribution in [0.25, 0.3) is 0 Å². The fourth-order valence-electron chi connectivity index (χ4n) is 4.63. The second-order valence-corrected chi connectivity index (χ2v) is 8.46. The molecule has 0 unspecified atom stereocenters. The number of benzene rings is 2. The van der Waals surface area contributed by atoms with Crippen LogP contribution in [0.3, 0.4) is 0 Å². The van der Waals surface area contributed by atoms with Crippen LogP contribution in [0.4, 0.5) is 17.1 Å². The first-order valence-electron chi connectivity index (χ1n) is 11.1. The SMILES string of the molecule is COc1ccc(CCN(C)c2ccc(N3C(=O)[C@@H]4CC=CC[C@H]4C3=O)cc2[N+](=O)[O-])cc1OC. The molecule has 1 fully saturated rings. The molecular formula is C25H27N3O6. The highest BCUT2D eigenvalue weighted by Gasteiger charge is 2.48. The summed E-state index contributed by atoms with van der Waals surface area (Å²) < 4.78 is 10.6. The van der Waals surface area contributed by atoms with Crippen molar-refractivity contribution in [1.82, 2.24) is 0 Å². The Hall–Kier alpha value is -3.88. The summed E-state index contributed by atoms with van der Waals surface area (Å²) in [4.78, 5) is 40.1. The number of hydrogen-bond donors (Lipinski definition) is 0. The van der Waals surface area contributed by atoms with Gasteiger partial charge in [-0.05, 0) is 49.1 Å². The number of hydrogen-bond acceptors (Lipinski definition) is 7. The van der Waals surface area contributed by atoms with Crippen molar-refractivity contribution >= 4 is 28.9 Å². The molecule has 0 spiro atoms. The number of ether oxygens (including phenoxy) is 2. The number of methoxy groups -OCH3 is 2. The number of carbonyl (C=O) groups excluding carboxylic acids is 2. The highest BCUT2D eigenvalue weighted by atomic mass is 16.6. The Bertz CT molecular complexity index is 1140. The topological polar surface area (TPSA) is 102 Å². The van der Waals surface area contributed by atoms with E-state index in [1.807, 2.05) is 30.4 Å². The zero-order chi connectivity index (χ0) is 24.4. The van der Waals surface area contributed by atoms with Crippen LogP contribution in [0.1, 0.15) is 18.4 Å². The van der Waals surface area contributed by atoms with Crippen LogP contribution in [0.5, 0.6) is 11.5 Å². The molecular weight excluding hydrogens is 438 g/mol. The Morgan fingerprint density at radius 3 is 2.24 bits per heavy atom. The molecule has 0 radical (unpaired) electrons. The minimum atomic E-state index is -0.481. The highest BCUT2D eigenvalue weighted by Crippen LogP contribution is 2.40. The molecule has 1 saturated heterocycles. The monoisotopic (exact) mass is 465 g/mol. The van der Waals surface area contributed by atoms with Crippen molar-refractivity contribution in [3.63, 3.8) is 0 Å². The minimum absolute atomic E-state index is 0.152. The van der Waals surface area contributed by atoms with Gasteiger partial charge in [-0.15, -0.1) is 0 Å². The Morgan fingerprint density at radius 1 is 1.00 bits per heavy atom. The van der Waals surface area contributed by atoms with Crippen molar-refractivity contribution in [1.29, 1.82) is 0 Å². The summed E-state index contributed by atoms with van der Waals surface area (Å²) in [6.07, 6.45) is 5.48. The second-order valence-electron chi connectivity index (χ2n) is 8.46. The van der Waals surface area contributed by atoms with Crippen LogP contribution in [0, 0.1) is 22.0 Å². The molecule has 178 valence electrons. The fourth-order valence-corrected chi connectivity index (χ4v) is 4.63. The average molecular weight is 466 g/mol. The first kappa shape index (κ1) is 23.3. The molecule has 2 aromatic carbocycles. The number of allylic oxidation sites excluding steroid dienone is 2. The van der Waals surface area contributed by atoms with Crippen LogP contribution in [-0.4, -0.2) is 44.5 Å². The van der Waals surface area contributed by atoms with E-state index in [0.717, 1.165) is 10.5 Å². The van der Waals surface area contributed by atoms with Crippen molar-refractivity contribution in [2.75, 3.05) is 37.6 Å². The zero-order valence-corrected chi connectivity index (χ0v) is 19.4. The first-order chi connectivity index (χ1) is 16.3. The van der Waals surface area contributed by atoms with E-state index in [-0.39, 0.29) is 35.0 Å². The third-order valence-corrected chi connectivity index (χ3v) is 6.52. The molecule has 4 rings (SSSR count). The molecule has 2 atom stereocenters. The third kappa shape index (κ3) is 4.21. The number of nitro groups is 1. The van der Waals surface area contributed by atoms with Gasteiger partial charge in [0, 0.05) is 19.7 Å². The summed E-state index contributed by atoms with van der Waals surface area (Å²) in [5, 5.41) is 11.9. The lowest BCUT2D eigenvalue weighted by Crippen LogP contribution is -2.31. The molecule has 2 aromatic rings. The molecule has 9 heteroatoms. The molecule has 0 saturated carbocycles. The Balaban J connectivity index is 1.54. The summed E-state index contributed by atoms with van der Waals surface area (Å²) >= 11 is 0. The standard InChI is InChI=1S/C25H27N3O6/c1-26(13-12-16-8-11-22(33-2)23(14-16)34-3)20-10-9-17(15-21(20)28(31)32)27-24(29)18-6-4-5-7-19(18)25(27)30/h4-5,8-11,14-15,18-19H,6-7,12-13H2,1-3H3/t18-,19-/m1/s1. The number of anilines is 2. The molecule has 1 aliphatic heterocycles. The van der Waals surface area contributed by atoms with Gasteiger partial charge in [-0.2, -0.15) is 0 Å². The van der Waals surface area contributed by atoms with Gasteiger partial charge in [-0.1, -0.05) is 18.2 Å². The van der Waals surface area contributed by atoms with Gasteiger partial charge in [-0.3, -0.25) is 19.7 Å². The third-order valence-electron chi connectivity index (χ3n) is 6.52. The van der Waals surface area contributed by atoms with E-state index in [4.69, 9.17) is 9.47 Å². The van der Waals surface area contributed by atoms with Gasteiger partial charge in [0.1, 0.15) is 5.69 Å². The van der Waals surface area contributed by atoms with Crippen LogP contribution >= 0.6 is 0 Å². The molecule has 0 bridgehead atoms. The molecule has 1 heterocycles. The van der Waals surface area contributed by atoms with Gasteiger partial charge in [0.2, 0.25) is 11.8 Å². The molecule has 0 aromatic heterocycles. The number of carbonyl (C=O) groups is 2. The normalized spacial score (nSPS) is 19.2. The summed E-state index contributed by atoms with van der Waals surface area (Å²) in [6.45, 7) is 0.507. The van der Waals surface area contributed by atoms with E-state index in [0.29, 0.717) is 43.0 Å². The second kappa shape index (κ2) is 9.54. The summed E-state index contributed by atoms with van der Waals surface area (Å²) in [7, 11) is 4.91. The van der Waals surface area contributed by atoms with Gasteiger partial charge >= 0.3 is 0 Å². The average Bonchev–Trinajstić information content (AvgIpc) is 3.11. The fraction of sp³-hybridized carbons (Fsp3) is 0.360. The largest absolute Gasteiger partial charge is 0.493 e. The lowest BCUT2D eigenvalue weighted by molar-refractivity contribution is -0.384. The van der Waals surface area contributed by atoms with Crippen molar-refractivity contribution in [3.8, 4) is 11.5 Å². The summed E-state index contributed by atoms with van der Waals surface area (Å²) in [5.74, 6) is -0.103. The maximum atomic E-state index is 12.9. The van der Waals surface area contributed by atoms with Gasteiger partial charge in [0.25, 0.3) is 5.69 Å². The molecule has 34 heavy (non-hydrogen) atoms. The van der Waals surface area contributed by atoms with Crippen molar-refractivity contribution in [2.24, 2.45) is 11.8 Å². The van der Waals surface area contributed by atoms with E-state index >= 15 is 0 Å². The van der Waals surface area contributed by atoms with E-state index in [1.165, 1.54) is 6.07 Å². The van der Waals surface area contributed by atoms with Crippen LogP contribution in [0.2, 0.25) is 0 Å². The van der Waals surface area contributed by atoms with Gasteiger partial charge in [0.05, 0.1) is 36.7 Å². The smallest absolute Gasteiger partial charge is 0.294 e. The minimum Gasteiger partial charge on any atom is -0.493 e. The number of amides is 2. The molecule has 0 N–H and O–H groups in total. The van der Waals surface area contributed by atoms with Crippen LogP contribution in [-0.2, 0) is 16.0 Å². The van der Waals surface area contributed by atoms with E-state index < -0.39 is 4.92 Å². The maximum Gasteiger partial charge on any atom is 0.294 e. The zero-order valence-electron chi connectivity index (χ0n) is 19.4. The highest BCUT2D eigenvalue weighted by molar-refractivity contribution is 6.22. The van der Waals surface area contributed by atoms with E-state index in [9.17, 15) is 19.7 Å². The number of nitro benzene ring substituents is 1. The first-order valence-corrected chi connectivity index (χ1v) is 11.1. The molecule has 2 aliphatic rings. The maximum absolute atomic E-state index is 12.9. The molecule has 2 amide bonds. The number of fused-ring (bicyclic) bond motifs is 1. The number of likely N-dealkylation sites (N-methyl/N-ethyl adjacent to an activating group) is 1. The van der Waals surface area contributed by atoms with Crippen molar-refractivity contribution in [3.05, 3.63) is 64.2 Å². The summed E-state index contributed by atoms with van der Waals surface area (Å²) in [5.41, 5.74) is 1.50. The van der Waals surface area contributed by atoms with Crippen LogP contribution in [0.15, 0.2) is 48.6 Å².